The molecule has 19 heavy (non-hydrogen) atoms. The molecule has 0 amide bonds. The standard InChI is InChI=1S/C15H16N2OS/c1-2-7-16-8-13-15(18-10-17-13)12-9-19-14-6-4-3-5-11(12)14/h3-6,9-10,16H,2,7-8H2,1H3. The monoisotopic (exact) mass is 272 g/mol. The molecule has 0 atom stereocenters. The van der Waals surface area contributed by atoms with Gasteiger partial charge in [-0.2, -0.15) is 0 Å². The third kappa shape index (κ3) is 2.41. The topological polar surface area (TPSA) is 38.1 Å². The highest BCUT2D eigenvalue weighted by Gasteiger charge is 2.14. The zero-order valence-corrected chi connectivity index (χ0v) is 11.7. The van der Waals surface area contributed by atoms with Gasteiger partial charge in [0.2, 0.25) is 0 Å². The van der Waals surface area contributed by atoms with Crippen LogP contribution in [-0.4, -0.2) is 11.5 Å². The normalized spacial score (nSPS) is 11.2. The quantitative estimate of drug-likeness (QED) is 0.712. The minimum Gasteiger partial charge on any atom is -0.443 e. The minimum atomic E-state index is 0.754. The lowest BCUT2D eigenvalue weighted by atomic mass is 10.1. The second kappa shape index (κ2) is 5.55. The molecule has 0 aliphatic heterocycles. The minimum absolute atomic E-state index is 0.754. The van der Waals surface area contributed by atoms with Crippen molar-refractivity contribution in [3.8, 4) is 11.3 Å². The fraction of sp³-hybridized carbons (Fsp3) is 0.267. The SMILES string of the molecule is CCCNCc1ncoc1-c1csc2ccccc12. The van der Waals surface area contributed by atoms with Crippen molar-refractivity contribution in [3.05, 3.63) is 41.7 Å². The molecule has 0 saturated carbocycles. The second-order valence-electron chi connectivity index (χ2n) is 4.45. The van der Waals surface area contributed by atoms with Crippen molar-refractivity contribution < 1.29 is 4.42 Å². The summed E-state index contributed by atoms with van der Waals surface area (Å²) < 4.78 is 6.88. The predicted molar refractivity (Wildman–Crippen MR) is 79.3 cm³/mol. The molecule has 0 radical (unpaired) electrons. The Kier molecular flexibility index (Phi) is 3.62. The summed E-state index contributed by atoms with van der Waals surface area (Å²) in [6.45, 7) is 3.91. The molecule has 0 aliphatic rings. The van der Waals surface area contributed by atoms with Crippen LogP contribution >= 0.6 is 11.3 Å². The van der Waals surface area contributed by atoms with Gasteiger partial charge in [-0.15, -0.1) is 11.3 Å². The molecule has 3 nitrogen and oxygen atoms in total. The molecular weight excluding hydrogens is 256 g/mol. The molecule has 0 bridgehead atoms. The van der Waals surface area contributed by atoms with Crippen LogP contribution in [0.4, 0.5) is 0 Å². The van der Waals surface area contributed by atoms with Crippen LogP contribution in [-0.2, 0) is 6.54 Å². The number of hydrogen-bond acceptors (Lipinski definition) is 4. The van der Waals surface area contributed by atoms with E-state index in [1.54, 1.807) is 11.3 Å². The van der Waals surface area contributed by atoms with E-state index < -0.39 is 0 Å². The van der Waals surface area contributed by atoms with Gasteiger partial charge in [0.25, 0.3) is 0 Å². The van der Waals surface area contributed by atoms with Gasteiger partial charge in [-0.05, 0) is 19.0 Å². The maximum atomic E-state index is 5.60. The molecular formula is C15H16N2OS. The summed E-state index contributed by atoms with van der Waals surface area (Å²) in [5.74, 6) is 0.890. The van der Waals surface area contributed by atoms with Crippen LogP contribution in [0.2, 0.25) is 0 Å². The molecule has 0 spiro atoms. The number of hydrogen-bond donors (Lipinski definition) is 1. The lowest BCUT2D eigenvalue weighted by molar-refractivity contribution is 0.570. The van der Waals surface area contributed by atoms with Gasteiger partial charge in [-0.1, -0.05) is 25.1 Å². The van der Waals surface area contributed by atoms with Crippen molar-refractivity contribution in [2.45, 2.75) is 19.9 Å². The first-order valence-corrected chi connectivity index (χ1v) is 7.37. The fourth-order valence-electron chi connectivity index (χ4n) is 2.15. The van der Waals surface area contributed by atoms with Crippen LogP contribution in [0.25, 0.3) is 21.4 Å². The van der Waals surface area contributed by atoms with E-state index in [0.29, 0.717) is 0 Å². The van der Waals surface area contributed by atoms with Crippen molar-refractivity contribution in [1.29, 1.82) is 0 Å². The van der Waals surface area contributed by atoms with Gasteiger partial charge in [0.15, 0.2) is 12.2 Å². The first kappa shape index (κ1) is 12.4. The highest BCUT2D eigenvalue weighted by atomic mass is 32.1. The molecule has 98 valence electrons. The zero-order chi connectivity index (χ0) is 13.1. The van der Waals surface area contributed by atoms with Crippen molar-refractivity contribution in [2.75, 3.05) is 6.54 Å². The molecule has 0 aliphatic carbocycles. The molecule has 3 aromatic rings. The maximum absolute atomic E-state index is 5.60. The first-order valence-electron chi connectivity index (χ1n) is 6.50. The van der Waals surface area contributed by atoms with Gasteiger partial charge in [-0.25, -0.2) is 4.98 Å². The molecule has 0 fully saturated rings. The summed E-state index contributed by atoms with van der Waals surface area (Å²) >= 11 is 1.74. The smallest absolute Gasteiger partial charge is 0.181 e. The van der Waals surface area contributed by atoms with Gasteiger partial charge in [0, 0.05) is 27.6 Å². The molecule has 2 heterocycles. The first-order chi connectivity index (χ1) is 9.40. The van der Waals surface area contributed by atoms with E-state index in [4.69, 9.17) is 4.42 Å². The van der Waals surface area contributed by atoms with Gasteiger partial charge in [0.05, 0.1) is 0 Å². The molecule has 0 saturated heterocycles. The van der Waals surface area contributed by atoms with E-state index in [0.717, 1.165) is 36.5 Å². The highest BCUT2D eigenvalue weighted by molar-refractivity contribution is 7.17. The molecule has 1 N–H and O–H groups in total. The van der Waals surface area contributed by atoms with Crippen LogP contribution in [0.1, 0.15) is 19.0 Å². The van der Waals surface area contributed by atoms with Crippen molar-refractivity contribution in [2.24, 2.45) is 0 Å². The third-order valence-electron chi connectivity index (χ3n) is 3.09. The number of thiophene rings is 1. The Morgan fingerprint density at radius 3 is 3.11 bits per heavy atom. The Morgan fingerprint density at radius 1 is 1.32 bits per heavy atom. The predicted octanol–water partition coefficient (Wildman–Crippen LogP) is 4.06. The zero-order valence-electron chi connectivity index (χ0n) is 10.8. The number of fused-ring (bicyclic) bond motifs is 1. The van der Waals surface area contributed by atoms with E-state index in [1.165, 1.54) is 16.5 Å². The van der Waals surface area contributed by atoms with Crippen LogP contribution in [0, 0.1) is 0 Å². The van der Waals surface area contributed by atoms with E-state index in [1.807, 2.05) is 0 Å². The number of benzene rings is 1. The van der Waals surface area contributed by atoms with E-state index in [-0.39, 0.29) is 0 Å². The van der Waals surface area contributed by atoms with Gasteiger partial charge < -0.3 is 9.73 Å². The van der Waals surface area contributed by atoms with Gasteiger partial charge in [-0.3, -0.25) is 0 Å². The Bertz CT molecular complexity index is 671. The lowest BCUT2D eigenvalue weighted by Gasteiger charge is -2.02. The molecule has 0 unspecified atom stereocenters. The molecule has 1 aromatic carbocycles. The Balaban J connectivity index is 1.96. The maximum Gasteiger partial charge on any atom is 0.181 e. The molecule has 2 aromatic heterocycles. The summed E-state index contributed by atoms with van der Waals surface area (Å²) in [5, 5.41) is 6.75. The number of nitrogens with zero attached hydrogens (tertiary/aromatic N) is 1. The number of nitrogens with one attached hydrogen (secondary N) is 1. The number of aromatic nitrogens is 1. The Labute approximate surface area is 116 Å². The summed E-state index contributed by atoms with van der Waals surface area (Å²) in [6.07, 6.45) is 2.65. The van der Waals surface area contributed by atoms with Crippen molar-refractivity contribution in [1.82, 2.24) is 10.3 Å². The van der Waals surface area contributed by atoms with Gasteiger partial charge in [0.1, 0.15) is 5.69 Å². The van der Waals surface area contributed by atoms with Gasteiger partial charge >= 0.3 is 0 Å². The average Bonchev–Trinajstić information content (AvgIpc) is 3.04. The van der Waals surface area contributed by atoms with Crippen molar-refractivity contribution >= 4 is 21.4 Å². The Morgan fingerprint density at radius 2 is 2.21 bits per heavy atom. The van der Waals surface area contributed by atoms with Crippen LogP contribution < -0.4 is 5.32 Å². The second-order valence-corrected chi connectivity index (χ2v) is 5.36. The molecule has 3 rings (SSSR count). The fourth-order valence-corrected chi connectivity index (χ4v) is 3.09. The third-order valence-corrected chi connectivity index (χ3v) is 4.05. The average molecular weight is 272 g/mol. The highest BCUT2D eigenvalue weighted by Crippen LogP contribution is 2.35. The van der Waals surface area contributed by atoms with Crippen molar-refractivity contribution in [3.63, 3.8) is 0 Å². The summed E-state index contributed by atoms with van der Waals surface area (Å²) in [6, 6.07) is 8.39. The van der Waals surface area contributed by atoms with Crippen LogP contribution in [0.5, 0.6) is 0 Å². The number of oxazole rings is 1. The van der Waals surface area contributed by atoms with Crippen LogP contribution in [0.3, 0.4) is 0 Å². The summed E-state index contributed by atoms with van der Waals surface area (Å²) in [5.41, 5.74) is 2.13. The number of rotatable bonds is 5. The van der Waals surface area contributed by atoms with E-state index in [9.17, 15) is 0 Å². The largest absolute Gasteiger partial charge is 0.443 e. The molecule has 4 heteroatoms. The van der Waals surface area contributed by atoms with E-state index >= 15 is 0 Å². The Hall–Kier alpha value is -1.65. The summed E-state index contributed by atoms with van der Waals surface area (Å²) in [7, 11) is 0. The summed E-state index contributed by atoms with van der Waals surface area (Å²) in [4.78, 5) is 4.33. The lowest BCUT2D eigenvalue weighted by Crippen LogP contribution is -2.14. The van der Waals surface area contributed by atoms with Crippen LogP contribution in [0.15, 0.2) is 40.5 Å². The van der Waals surface area contributed by atoms with E-state index in [2.05, 4.69) is 46.9 Å².